The maximum absolute atomic E-state index is 13.5. The number of nitrogens with one attached hydrogen (secondary N) is 3. The Bertz CT molecular complexity index is 1640. The minimum Gasteiger partial charge on any atom is -0.493 e. The SMILES string of the molecule is CCOc1ccccc1/C=C(/NC(=O)c1ccccc1)C(=O)Nc1cccc(SCC(=O)Nc2ccc([N+](=O)[O-])cc2)c1. The normalized spacial score (nSPS) is 10.9. The molecule has 0 aliphatic carbocycles. The van der Waals surface area contributed by atoms with Gasteiger partial charge in [0, 0.05) is 39.5 Å². The van der Waals surface area contributed by atoms with Crippen LogP contribution in [0, 0.1) is 10.1 Å². The van der Waals surface area contributed by atoms with E-state index in [1.807, 2.05) is 13.0 Å². The van der Waals surface area contributed by atoms with E-state index in [0.717, 1.165) is 4.90 Å². The van der Waals surface area contributed by atoms with Crippen molar-refractivity contribution in [2.45, 2.75) is 11.8 Å². The molecule has 0 aliphatic rings. The van der Waals surface area contributed by atoms with E-state index in [0.29, 0.717) is 34.9 Å². The van der Waals surface area contributed by atoms with Crippen LogP contribution in [0.25, 0.3) is 6.08 Å². The molecule has 3 N–H and O–H groups in total. The topological polar surface area (TPSA) is 140 Å². The second kappa shape index (κ2) is 15.0. The van der Waals surface area contributed by atoms with Crippen LogP contribution in [0.3, 0.4) is 0 Å². The minimum atomic E-state index is -0.548. The predicted molar refractivity (Wildman–Crippen MR) is 167 cm³/mol. The highest BCUT2D eigenvalue weighted by molar-refractivity contribution is 8.00. The summed E-state index contributed by atoms with van der Waals surface area (Å²) in [5.74, 6) is -0.654. The van der Waals surface area contributed by atoms with Crippen molar-refractivity contribution in [2.75, 3.05) is 23.0 Å². The highest BCUT2D eigenvalue weighted by atomic mass is 32.2. The number of anilines is 2. The molecule has 0 atom stereocenters. The van der Waals surface area contributed by atoms with Crippen LogP contribution in [0.15, 0.2) is 114 Å². The van der Waals surface area contributed by atoms with Gasteiger partial charge in [0.1, 0.15) is 11.4 Å². The quantitative estimate of drug-likeness (QED) is 0.0773. The summed E-state index contributed by atoms with van der Waals surface area (Å²) in [5.41, 5.74) is 1.86. The number of nitro groups is 1. The minimum absolute atomic E-state index is 0.0153. The number of hydrogen-bond donors (Lipinski definition) is 3. The molecular weight excluding hydrogens is 568 g/mol. The van der Waals surface area contributed by atoms with Crippen LogP contribution >= 0.6 is 11.8 Å². The first-order valence-corrected chi connectivity index (χ1v) is 14.2. The van der Waals surface area contributed by atoms with Crippen LogP contribution in [0.4, 0.5) is 17.1 Å². The first-order valence-electron chi connectivity index (χ1n) is 13.2. The summed E-state index contributed by atoms with van der Waals surface area (Å²) in [4.78, 5) is 49.9. The van der Waals surface area contributed by atoms with Gasteiger partial charge in [0.25, 0.3) is 17.5 Å². The zero-order chi connectivity index (χ0) is 30.6. The molecule has 0 fully saturated rings. The molecule has 0 radical (unpaired) electrons. The molecule has 4 aromatic carbocycles. The number of amides is 3. The van der Waals surface area contributed by atoms with E-state index in [1.165, 1.54) is 36.0 Å². The van der Waals surface area contributed by atoms with Crippen LogP contribution in [-0.2, 0) is 9.59 Å². The Hall–Kier alpha value is -5.42. The maximum atomic E-state index is 13.5. The lowest BCUT2D eigenvalue weighted by atomic mass is 10.1. The third-order valence-electron chi connectivity index (χ3n) is 5.87. The van der Waals surface area contributed by atoms with Crippen molar-refractivity contribution in [2.24, 2.45) is 0 Å². The Morgan fingerprint density at radius 2 is 1.58 bits per heavy atom. The van der Waals surface area contributed by atoms with Crippen LogP contribution in [-0.4, -0.2) is 35.0 Å². The van der Waals surface area contributed by atoms with Crippen molar-refractivity contribution in [3.63, 3.8) is 0 Å². The molecule has 11 heteroatoms. The average Bonchev–Trinajstić information content (AvgIpc) is 3.01. The van der Waals surface area contributed by atoms with Crippen molar-refractivity contribution in [3.05, 3.63) is 130 Å². The summed E-state index contributed by atoms with van der Waals surface area (Å²) in [5, 5.41) is 19.1. The molecular formula is C32H28N4O6S. The first-order chi connectivity index (χ1) is 20.8. The van der Waals surface area contributed by atoms with Crippen molar-refractivity contribution in [1.29, 1.82) is 0 Å². The molecule has 3 amide bonds. The van der Waals surface area contributed by atoms with Crippen molar-refractivity contribution < 1.29 is 24.0 Å². The van der Waals surface area contributed by atoms with E-state index in [2.05, 4.69) is 16.0 Å². The molecule has 4 aromatic rings. The summed E-state index contributed by atoms with van der Waals surface area (Å²) in [7, 11) is 0. The fourth-order valence-corrected chi connectivity index (χ4v) is 4.61. The van der Waals surface area contributed by atoms with E-state index in [-0.39, 0.29) is 23.0 Å². The average molecular weight is 597 g/mol. The number of thioether (sulfide) groups is 1. The van der Waals surface area contributed by atoms with Crippen molar-refractivity contribution in [3.8, 4) is 5.75 Å². The molecule has 0 heterocycles. The van der Waals surface area contributed by atoms with Gasteiger partial charge in [0.2, 0.25) is 5.91 Å². The van der Waals surface area contributed by atoms with E-state index >= 15 is 0 Å². The van der Waals surface area contributed by atoms with Gasteiger partial charge in [0.15, 0.2) is 0 Å². The molecule has 0 aromatic heterocycles. The summed E-state index contributed by atoms with van der Waals surface area (Å²) < 4.78 is 5.69. The van der Waals surface area contributed by atoms with Gasteiger partial charge >= 0.3 is 0 Å². The van der Waals surface area contributed by atoms with E-state index in [9.17, 15) is 24.5 Å². The molecule has 0 aliphatic heterocycles. The van der Waals surface area contributed by atoms with E-state index in [1.54, 1.807) is 78.9 Å². The zero-order valence-electron chi connectivity index (χ0n) is 23.1. The second-order valence-corrected chi connectivity index (χ2v) is 10.0. The largest absolute Gasteiger partial charge is 0.493 e. The van der Waals surface area contributed by atoms with Gasteiger partial charge in [-0.05, 0) is 61.5 Å². The van der Waals surface area contributed by atoms with Gasteiger partial charge in [-0.1, -0.05) is 42.5 Å². The second-order valence-electron chi connectivity index (χ2n) is 8.97. The van der Waals surface area contributed by atoms with Gasteiger partial charge in [-0.15, -0.1) is 11.8 Å². The van der Waals surface area contributed by atoms with Crippen molar-refractivity contribution in [1.82, 2.24) is 5.32 Å². The number of rotatable bonds is 12. The van der Waals surface area contributed by atoms with Crippen LogP contribution in [0.1, 0.15) is 22.8 Å². The standard InChI is InChI=1S/C32H28N4O6S/c1-2-42-29-14-7-6-11-23(29)19-28(35-31(38)22-9-4-3-5-10-22)32(39)34-25-12-8-13-27(20-25)43-21-30(37)33-24-15-17-26(18-16-24)36(40)41/h3-20H,2,21H2,1H3,(H,33,37)(H,34,39)(H,35,38)/b28-19+. The molecule has 0 spiro atoms. The summed E-state index contributed by atoms with van der Waals surface area (Å²) in [6.45, 7) is 2.29. The molecule has 0 unspecified atom stereocenters. The third-order valence-corrected chi connectivity index (χ3v) is 6.87. The number of benzene rings is 4. The highest BCUT2D eigenvalue weighted by Crippen LogP contribution is 2.24. The van der Waals surface area contributed by atoms with Crippen LogP contribution < -0.4 is 20.7 Å². The summed E-state index contributed by atoms with van der Waals surface area (Å²) in [6, 6.07) is 28.3. The lowest BCUT2D eigenvalue weighted by Crippen LogP contribution is -2.30. The number of ether oxygens (including phenoxy) is 1. The van der Waals surface area contributed by atoms with Gasteiger partial charge in [-0.3, -0.25) is 24.5 Å². The molecule has 0 bridgehead atoms. The van der Waals surface area contributed by atoms with E-state index in [4.69, 9.17) is 4.74 Å². The smallest absolute Gasteiger partial charge is 0.272 e. The number of nitrogens with zero attached hydrogens (tertiary/aromatic N) is 1. The first kappa shape index (κ1) is 30.5. The molecule has 0 saturated carbocycles. The monoisotopic (exact) mass is 596 g/mol. The fourth-order valence-electron chi connectivity index (χ4n) is 3.86. The third kappa shape index (κ3) is 9.03. The number of carbonyl (C=O) groups is 3. The van der Waals surface area contributed by atoms with Gasteiger partial charge in [0.05, 0.1) is 17.3 Å². The Labute approximate surface area is 252 Å². The number of carbonyl (C=O) groups excluding carboxylic acids is 3. The zero-order valence-corrected chi connectivity index (χ0v) is 23.9. The number of non-ortho nitro benzene ring substituents is 1. The van der Waals surface area contributed by atoms with Gasteiger partial charge in [-0.25, -0.2) is 0 Å². The molecule has 10 nitrogen and oxygen atoms in total. The van der Waals surface area contributed by atoms with Crippen LogP contribution in [0.5, 0.6) is 5.75 Å². The molecule has 43 heavy (non-hydrogen) atoms. The van der Waals surface area contributed by atoms with Crippen molar-refractivity contribution >= 4 is 52.6 Å². The number of nitro benzene ring substituents is 1. The van der Waals surface area contributed by atoms with Gasteiger partial charge in [-0.2, -0.15) is 0 Å². The van der Waals surface area contributed by atoms with Gasteiger partial charge < -0.3 is 20.7 Å². The highest BCUT2D eigenvalue weighted by Gasteiger charge is 2.17. The predicted octanol–water partition coefficient (Wildman–Crippen LogP) is 6.13. The Morgan fingerprint density at radius 1 is 0.860 bits per heavy atom. The number of hydrogen-bond acceptors (Lipinski definition) is 7. The summed E-state index contributed by atoms with van der Waals surface area (Å²) in [6.07, 6.45) is 1.56. The molecule has 218 valence electrons. The molecule has 4 rings (SSSR count). The number of para-hydroxylation sites is 1. The maximum Gasteiger partial charge on any atom is 0.272 e. The Morgan fingerprint density at radius 3 is 2.30 bits per heavy atom. The van der Waals surface area contributed by atoms with Crippen LogP contribution in [0.2, 0.25) is 0 Å². The summed E-state index contributed by atoms with van der Waals surface area (Å²) >= 11 is 1.25. The Balaban J connectivity index is 1.46. The lowest BCUT2D eigenvalue weighted by molar-refractivity contribution is -0.384. The Kier molecular flexibility index (Phi) is 10.6. The fraction of sp³-hybridized carbons (Fsp3) is 0.0938. The lowest BCUT2D eigenvalue weighted by Gasteiger charge is -2.13. The molecule has 0 saturated heterocycles. The van der Waals surface area contributed by atoms with E-state index < -0.39 is 16.7 Å².